The average molecular weight is 391 g/mol. The van der Waals surface area contributed by atoms with Crippen molar-refractivity contribution in [1.82, 2.24) is 4.98 Å². The van der Waals surface area contributed by atoms with Crippen LogP contribution in [0.5, 0.6) is 0 Å². The van der Waals surface area contributed by atoms with E-state index < -0.39 is 0 Å². The van der Waals surface area contributed by atoms with Crippen molar-refractivity contribution in [3.63, 3.8) is 0 Å². The maximum absolute atomic E-state index is 5.95. The number of ether oxygens (including phenoxy) is 2. The Morgan fingerprint density at radius 1 is 1.12 bits per heavy atom. The van der Waals surface area contributed by atoms with E-state index in [4.69, 9.17) is 9.47 Å². The fraction of sp³-hybridized carbons (Fsp3) is 0.421. The molecule has 1 N–H and O–H groups in total. The molecule has 0 amide bonds. The highest BCUT2D eigenvalue weighted by Gasteiger charge is 2.13. The fourth-order valence-corrected chi connectivity index (χ4v) is 2.87. The van der Waals surface area contributed by atoms with Crippen LogP contribution in [0.15, 0.2) is 40.9 Å². The summed E-state index contributed by atoms with van der Waals surface area (Å²) < 4.78 is 12.3. The predicted molar refractivity (Wildman–Crippen MR) is 99.1 cm³/mol. The van der Waals surface area contributed by atoms with Gasteiger partial charge in [0.1, 0.15) is 5.82 Å². The number of pyridine rings is 1. The van der Waals surface area contributed by atoms with Crippen LogP contribution < -0.4 is 5.32 Å². The van der Waals surface area contributed by atoms with Gasteiger partial charge in [-0.2, -0.15) is 0 Å². The lowest BCUT2D eigenvalue weighted by Gasteiger charge is -2.22. The van der Waals surface area contributed by atoms with Crippen LogP contribution in [0.3, 0.4) is 0 Å². The molecule has 0 unspecified atom stereocenters. The third-order valence-corrected chi connectivity index (χ3v) is 5.01. The molecule has 1 saturated heterocycles. The van der Waals surface area contributed by atoms with E-state index in [1.54, 1.807) is 0 Å². The lowest BCUT2D eigenvalue weighted by molar-refractivity contribution is -0.0390. The van der Waals surface area contributed by atoms with E-state index >= 15 is 0 Å². The van der Waals surface area contributed by atoms with E-state index in [9.17, 15) is 0 Å². The van der Waals surface area contributed by atoms with Gasteiger partial charge in [-0.25, -0.2) is 4.98 Å². The molecule has 1 aromatic heterocycles. The number of hydrogen-bond acceptors (Lipinski definition) is 4. The monoisotopic (exact) mass is 390 g/mol. The van der Waals surface area contributed by atoms with Crippen LogP contribution in [-0.4, -0.2) is 24.3 Å². The molecule has 0 saturated carbocycles. The second-order valence-corrected chi connectivity index (χ2v) is 6.91. The Morgan fingerprint density at radius 3 is 2.54 bits per heavy atom. The van der Waals surface area contributed by atoms with Crippen LogP contribution in [0.2, 0.25) is 0 Å². The minimum atomic E-state index is 0.340. The Morgan fingerprint density at radius 2 is 1.83 bits per heavy atom. The van der Waals surface area contributed by atoms with Gasteiger partial charge in [-0.1, -0.05) is 24.3 Å². The Hall–Kier alpha value is -1.43. The van der Waals surface area contributed by atoms with Crippen LogP contribution in [0, 0.1) is 6.92 Å². The van der Waals surface area contributed by atoms with Crippen molar-refractivity contribution in [1.29, 1.82) is 0 Å². The molecule has 0 radical (unpaired) electrons. The largest absolute Gasteiger partial charge is 0.381 e. The molecule has 2 aromatic rings. The third kappa shape index (κ3) is 5.03. The first-order valence-corrected chi connectivity index (χ1v) is 9.14. The van der Waals surface area contributed by atoms with E-state index in [2.05, 4.69) is 50.5 Å². The highest BCUT2D eigenvalue weighted by molar-refractivity contribution is 9.10. The SMILES string of the molecule is Cc1nc(NCc2ccc(COC3CCOCC3)cc2)ccc1Br. The van der Waals surface area contributed by atoms with Gasteiger partial charge in [0.25, 0.3) is 0 Å². The van der Waals surface area contributed by atoms with Gasteiger partial charge in [-0.15, -0.1) is 0 Å². The highest BCUT2D eigenvalue weighted by Crippen LogP contribution is 2.17. The van der Waals surface area contributed by atoms with Crippen molar-refractivity contribution < 1.29 is 9.47 Å². The van der Waals surface area contributed by atoms with E-state index in [-0.39, 0.29) is 0 Å². The number of nitrogens with one attached hydrogen (secondary N) is 1. The summed E-state index contributed by atoms with van der Waals surface area (Å²) in [4.78, 5) is 4.50. The number of rotatable bonds is 6. The first-order chi connectivity index (χ1) is 11.7. The minimum absolute atomic E-state index is 0.340. The predicted octanol–water partition coefficient (Wildman–Crippen LogP) is 4.46. The lowest BCUT2D eigenvalue weighted by atomic mass is 10.1. The molecule has 2 heterocycles. The molecule has 1 aromatic carbocycles. The number of anilines is 1. The summed E-state index contributed by atoms with van der Waals surface area (Å²) in [6.45, 7) is 5.06. The number of aromatic nitrogens is 1. The van der Waals surface area contributed by atoms with Gasteiger partial charge in [0.15, 0.2) is 0 Å². The molecule has 4 nitrogen and oxygen atoms in total. The van der Waals surface area contributed by atoms with E-state index in [1.807, 2.05) is 19.1 Å². The Bertz CT molecular complexity index is 655. The minimum Gasteiger partial charge on any atom is -0.381 e. The van der Waals surface area contributed by atoms with Crippen molar-refractivity contribution in [2.24, 2.45) is 0 Å². The van der Waals surface area contributed by atoms with E-state index in [0.717, 1.165) is 48.6 Å². The molecule has 128 valence electrons. The summed E-state index contributed by atoms with van der Waals surface area (Å²) >= 11 is 3.47. The number of hydrogen-bond donors (Lipinski definition) is 1. The van der Waals surface area contributed by atoms with Crippen molar-refractivity contribution in [2.45, 2.75) is 39.0 Å². The van der Waals surface area contributed by atoms with Gasteiger partial charge in [-0.05, 0) is 59.0 Å². The smallest absolute Gasteiger partial charge is 0.126 e. The van der Waals surface area contributed by atoms with Crippen molar-refractivity contribution in [2.75, 3.05) is 18.5 Å². The molecule has 0 bridgehead atoms. The first kappa shape index (κ1) is 17.4. The van der Waals surface area contributed by atoms with Crippen LogP contribution in [0.4, 0.5) is 5.82 Å². The Labute approximate surface area is 151 Å². The zero-order valence-electron chi connectivity index (χ0n) is 13.9. The van der Waals surface area contributed by atoms with Crippen LogP contribution in [0.1, 0.15) is 29.7 Å². The van der Waals surface area contributed by atoms with Crippen LogP contribution in [-0.2, 0) is 22.6 Å². The van der Waals surface area contributed by atoms with Crippen molar-refractivity contribution >= 4 is 21.7 Å². The van der Waals surface area contributed by atoms with Crippen molar-refractivity contribution in [3.05, 3.63) is 57.7 Å². The summed E-state index contributed by atoms with van der Waals surface area (Å²) in [6, 6.07) is 12.5. The molecular weight excluding hydrogens is 368 g/mol. The molecule has 3 rings (SSSR count). The number of nitrogens with zero attached hydrogens (tertiary/aromatic N) is 1. The fourth-order valence-electron chi connectivity index (χ4n) is 2.65. The van der Waals surface area contributed by atoms with Gasteiger partial charge in [0, 0.05) is 24.2 Å². The van der Waals surface area contributed by atoms with E-state index in [1.165, 1.54) is 11.1 Å². The maximum atomic E-state index is 5.95. The Balaban J connectivity index is 1.47. The first-order valence-electron chi connectivity index (χ1n) is 8.35. The second kappa shape index (κ2) is 8.60. The molecule has 0 spiro atoms. The normalized spacial score (nSPS) is 15.4. The molecular formula is C19H23BrN2O2. The number of halogens is 1. The van der Waals surface area contributed by atoms with Gasteiger partial charge < -0.3 is 14.8 Å². The molecule has 24 heavy (non-hydrogen) atoms. The lowest BCUT2D eigenvalue weighted by Crippen LogP contribution is -2.23. The molecule has 1 aliphatic rings. The quantitative estimate of drug-likeness (QED) is 0.790. The zero-order chi connectivity index (χ0) is 16.8. The number of aryl methyl sites for hydroxylation is 1. The van der Waals surface area contributed by atoms with Gasteiger partial charge in [0.05, 0.1) is 18.4 Å². The topological polar surface area (TPSA) is 43.4 Å². The number of benzene rings is 1. The van der Waals surface area contributed by atoms with Crippen LogP contribution >= 0.6 is 15.9 Å². The van der Waals surface area contributed by atoms with Crippen LogP contribution in [0.25, 0.3) is 0 Å². The summed E-state index contributed by atoms with van der Waals surface area (Å²) in [7, 11) is 0. The summed E-state index contributed by atoms with van der Waals surface area (Å²) in [5, 5.41) is 3.36. The van der Waals surface area contributed by atoms with Gasteiger partial charge >= 0.3 is 0 Å². The maximum Gasteiger partial charge on any atom is 0.126 e. The Kier molecular flexibility index (Phi) is 6.24. The molecule has 5 heteroatoms. The average Bonchev–Trinajstić information content (AvgIpc) is 2.63. The van der Waals surface area contributed by atoms with Gasteiger partial charge in [0.2, 0.25) is 0 Å². The molecule has 1 aliphatic heterocycles. The zero-order valence-corrected chi connectivity index (χ0v) is 15.5. The second-order valence-electron chi connectivity index (χ2n) is 6.06. The highest BCUT2D eigenvalue weighted by atomic mass is 79.9. The summed E-state index contributed by atoms with van der Waals surface area (Å²) in [5.74, 6) is 0.891. The standard InChI is InChI=1S/C19H23BrN2O2/c1-14-18(20)6-7-19(22-14)21-12-15-2-4-16(5-3-15)13-24-17-8-10-23-11-9-17/h2-7,17H,8-13H2,1H3,(H,21,22). The van der Waals surface area contributed by atoms with Gasteiger partial charge in [-0.3, -0.25) is 0 Å². The third-order valence-electron chi connectivity index (χ3n) is 4.17. The molecule has 1 fully saturated rings. The molecule has 0 aliphatic carbocycles. The van der Waals surface area contributed by atoms with Crippen molar-refractivity contribution in [3.8, 4) is 0 Å². The summed E-state index contributed by atoms with van der Waals surface area (Å²) in [5.41, 5.74) is 3.43. The van der Waals surface area contributed by atoms with E-state index in [0.29, 0.717) is 12.7 Å². The molecule has 0 atom stereocenters. The summed E-state index contributed by atoms with van der Waals surface area (Å²) in [6.07, 6.45) is 2.34.